The molecule has 0 aromatic heterocycles. The highest BCUT2D eigenvalue weighted by Gasteiger charge is 2.16. The Morgan fingerprint density at radius 3 is 1.94 bits per heavy atom. The standard InChI is InChI=1S/C15H33N/c1-7-9-15(12-16(5)6)11-14(8-2)10-13(3)4/h13-15H,7-12H2,1-6H3. The summed E-state index contributed by atoms with van der Waals surface area (Å²) in [5, 5.41) is 0. The second kappa shape index (κ2) is 9.04. The van der Waals surface area contributed by atoms with E-state index in [1.54, 1.807) is 0 Å². The van der Waals surface area contributed by atoms with Crippen LogP contribution in [-0.4, -0.2) is 25.5 Å². The summed E-state index contributed by atoms with van der Waals surface area (Å²) in [6, 6.07) is 0. The van der Waals surface area contributed by atoms with E-state index >= 15 is 0 Å². The van der Waals surface area contributed by atoms with Gasteiger partial charge in [0.2, 0.25) is 0 Å². The van der Waals surface area contributed by atoms with Crippen molar-refractivity contribution < 1.29 is 0 Å². The van der Waals surface area contributed by atoms with Crippen LogP contribution in [0.15, 0.2) is 0 Å². The maximum atomic E-state index is 2.35. The number of hydrogen-bond acceptors (Lipinski definition) is 1. The molecule has 0 fully saturated rings. The highest BCUT2D eigenvalue weighted by atomic mass is 15.1. The summed E-state index contributed by atoms with van der Waals surface area (Å²) in [7, 11) is 4.40. The van der Waals surface area contributed by atoms with Gasteiger partial charge in [0.05, 0.1) is 0 Å². The molecule has 1 heteroatoms. The molecule has 0 N–H and O–H groups in total. The molecule has 16 heavy (non-hydrogen) atoms. The zero-order valence-electron chi connectivity index (χ0n) is 12.4. The first-order chi connectivity index (χ1) is 7.49. The average molecular weight is 227 g/mol. The van der Waals surface area contributed by atoms with E-state index in [2.05, 4.69) is 46.7 Å². The van der Waals surface area contributed by atoms with Crippen LogP contribution in [-0.2, 0) is 0 Å². The van der Waals surface area contributed by atoms with Crippen molar-refractivity contribution >= 4 is 0 Å². The highest BCUT2D eigenvalue weighted by Crippen LogP contribution is 2.25. The van der Waals surface area contributed by atoms with Crippen LogP contribution in [0.3, 0.4) is 0 Å². The smallest absolute Gasteiger partial charge is 0.000366 e. The molecule has 0 heterocycles. The predicted molar refractivity (Wildman–Crippen MR) is 74.8 cm³/mol. The molecule has 0 amide bonds. The first-order valence-electron chi connectivity index (χ1n) is 7.14. The van der Waals surface area contributed by atoms with Gasteiger partial charge >= 0.3 is 0 Å². The molecule has 0 aliphatic heterocycles. The van der Waals surface area contributed by atoms with Crippen molar-refractivity contribution in [1.29, 1.82) is 0 Å². The van der Waals surface area contributed by atoms with Crippen molar-refractivity contribution in [3.8, 4) is 0 Å². The van der Waals surface area contributed by atoms with Gasteiger partial charge in [0.25, 0.3) is 0 Å². The molecule has 98 valence electrons. The molecule has 0 aliphatic carbocycles. The van der Waals surface area contributed by atoms with Gasteiger partial charge in [-0.25, -0.2) is 0 Å². The van der Waals surface area contributed by atoms with E-state index in [1.165, 1.54) is 38.6 Å². The van der Waals surface area contributed by atoms with E-state index in [9.17, 15) is 0 Å². The third kappa shape index (κ3) is 8.15. The molecule has 2 unspecified atom stereocenters. The fourth-order valence-electron chi connectivity index (χ4n) is 2.78. The van der Waals surface area contributed by atoms with E-state index in [-0.39, 0.29) is 0 Å². The van der Waals surface area contributed by atoms with Gasteiger partial charge < -0.3 is 4.90 Å². The Morgan fingerprint density at radius 1 is 0.938 bits per heavy atom. The van der Waals surface area contributed by atoms with Crippen LogP contribution in [0, 0.1) is 17.8 Å². The fraction of sp³-hybridized carbons (Fsp3) is 1.00. The van der Waals surface area contributed by atoms with Crippen LogP contribution in [0.25, 0.3) is 0 Å². The fourth-order valence-corrected chi connectivity index (χ4v) is 2.78. The molecule has 0 rings (SSSR count). The largest absolute Gasteiger partial charge is 0.309 e. The van der Waals surface area contributed by atoms with Crippen LogP contribution >= 0.6 is 0 Å². The predicted octanol–water partition coefficient (Wildman–Crippen LogP) is 4.43. The first-order valence-corrected chi connectivity index (χ1v) is 7.14. The summed E-state index contributed by atoms with van der Waals surface area (Å²) in [5.41, 5.74) is 0. The van der Waals surface area contributed by atoms with Crippen molar-refractivity contribution in [3.05, 3.63) is 0 Å². The van der Waals surface area contributed by atoms with Crippen molar-refractivity contribution in [2.24, 2.45) is 17.8 Å². The molecule has 0 aliphatic rings. The quantitative estimate of drug-likeness (QED) is 0.563. The Kier molecular flexibility index (Phi) is 9.02. The number of hydrogen-bond donors (Lipinski definition) is 0. The summed E-state index contributed by atoms with van der Waals surface area (Å²) in [6.45, 7) is 10.6. The Hall–Kier alpha value is -0.0400. The minimum absolute atomic E-state index is 0.853. The Labute approximate surface area is 104 Å². The van der Waals surface area contributed by atoms with Gasteiger partial charge in [0, 0.05) is 6.54 Å². The molecular formula is C15H33N. The zero-order chi connectivity index (χ0) is 12.6. The summed E-state index contributed by atoms with van der Waals surface area (Å²) in [4.78, 5) is 2.35. The van der Waals surface area contributed by atoms with E-state index in [4.69, 9.17) is 0 Å². The van der Waals surface area contributed by atoms with Crippen LogP contribution < -0.4 is 0 Å². The molecule has 2 atom stereocenters. The molecule has 0 radical (unpaired) electrons. The monoisotopic (exact) mass is 227 g/mol. The number of rotatable bonds is 9. The van der Waals surface area contributed by atoms with Gasteiger partial charge in [-0.2, -0.15) is 0 Å². The summed E-state index contributed by atoms with van der Waals surface area (Å²) < 4.78 is 0. The normalized spacial score (nSPS) is 15.8. The van der Waals surface area contributed by atoms with E-state index in [1.807, 2.05) is 0 Å². The van der Waals surface area contributed by atoms with E-state index < -0.39 is 0 Å². The summed E-state index contributed by atoms with van der Waals surface area (Å²) in [6.07, 6.45) is 6.92. The topological polar surface area (TPSA) is 3.24 Å². The second-order valence-corrected chi connectivity index (χ2v) is 6.06. The Morgan fingerprint density at radius 2 is 1.56 bits per heavy atom. The van der Waals surface area contributed by atoms with Gasteiger partial charge in [0.15, 0.2) is 0 Å². The zero-order valence-corrected chi connectivity index (χ0v) is 12.4. The molecule has 0 aromatic rings. The lowest BCUT2D eigenvalue weighted by Gasteiger charge is -2.26. The Bertz CT molecular complexity index is 152. The lowest BCUT2D eigenvalue weighted by Crippen LogP contribution is -2.24. The summed E-state index contributed by atoms with van der Waals surface area (Å²) in [5.74, 6) is 2.70. The Balaban J connectivity index is 4.11. The van der Waals surface area contributed by atoms with Crippen molar-refractivity contribution in [1.82, 2.24) is 4.90 Å². The van der Waals surface area contributed by atoms with Crippen LogP contribution in [0.1, 0.15) is 59.8 Å². The van der Waals surface area contributed by atoms with Gasteiger partial charge in [-0.1, -0.05) is 40.5 Å². The van der Waals surface area contributed by atoms with Crippen LogP contribution in [0.5, 0.6) is 0 Å². The number of nitrogens with zero attached hydrogens (tertiary/aromatic N) is 1. The lowest BCUT2D eigenvalue weighted by atomic mass is 9.84. The molecule has 0 saturated heterocycles. The molecule has 0 saturated carbocycles. The van der Waals surface area contributed by atoms with E-state index in [0.717, 1.165) is 17.8 Å². The second-order valence-electron chi connectivity index (χ2n) is 6.06. The van der Waals surface area contributed by atoms with Crippen LogP contribution in [0.4, 0.5) is 0 Å². The molecular weight excluding hydrogens is 194 g/mol. The van der Waals surface area contributed by atoms with Gasteiger partial charge in [0.1, 0.15) is 0 Å². The molecule has 0 aromatic carbocycles. The van der Waals surface area contributed by atoms with Gasteiger partial charge in [-0.05, 0) is 51.1 Å². The van der Waals surface area contributed by atoms with Gasteiger partial charge in [-0.15, -0.1) is 0 Å². The van der Waals surface area contributed by atoms with Crippen LogP contribution in [0.2, 0.25) is 0 Å². The minimum Gasteiger partial charge on any atom is -0.309 e. The third-order valence-corrected chi connectivity index (χ3v) is 3.37. The van der Waals surface area contributed by atoms with Crippen molar-refractivity contribution in [2.75, 3.05) is 20.6 Å². The highest BCUT2D eigenvalue weighted by molar-refractivity contribution is 4.69. The maximum Gasteiger partial charge on any atom is 0.000366 e. The van der Waals surface area contributed by atoms with Crippen molar-refractivity contribution in [2.45, 2.75) is 59.8 Å². The molecule has 0 bridgehead atoms. The average Bonchev–Trinajstić information content (AvgIpc) is 2.15. The lowest BCUT2D eigenvalue weighted by molar-refractivity contribution is 0.244. The van der Waals surface area contributed by atoms with Gasteiger partial charge in [-0.3, -0.25) is 0 Å². The third-order valence-electron chi connectivity index (χ3n) is 3.37. The molecule has 1 nitrogen and oxygen atoms in total. The van der Waals surface area contributed by atoms with Crippen molar-refractivity contribution in [3.63, 3.8) is 0 Å². The minimum atomic E-state index is 0.853. The maximum absolute atomic E-state index is 2.35. The summed E-state index contributed by atoms with van der Waals surface area (Å²) >= 11 is 0. The van der Waals surface area contributed by atoms with E-state index in [0.29, 0.717) is 0 Å². The SMILES string of the molecule is CCCC(CC(CC)CC(C)C)CN(C)C. The molecule has 0 spiro atoms. The first kappa shape index (κ1) is 16.0.